The summed E-state index contributed by atoms with van der Waals surface area (Å²) in [6.45, 7) is 8.36. The Kier molecular flexibility index (Phi) is 37.1. The lowest BCUT2D eigenvalue weighted by molar-refractivity contribution is -0.148. The van der Waals surface area contributed by atoms with Crippen molar-refractivity contribution in [3.8, 4) is 0 Å². The molecule has 0 aliphatic carbocycles. The van der Waals surface area contributed by atoms with E-state index < -0.39 is 77.7 Å². The number of rotatable bonds is 46. The van der Waals surface area contributed by atoms with E-state index in [0.29, 0.717) is 96.8 Å². The molecule has 28 heteroatoms. The van der Waals surface area contributed by atoms with Gasteiger partial charge in [-0.25, -0.2) is 0 Å². The Morgan fingerprint density at radius 1 is 0.422 bits per heavy atom. The smallest absolute Gasteiger partial charge is 0.246 e. The second kappa shape index (κ2) is 44.0. The third kappa shape index (κ3) is 27.9. The fourth-order valence-electron chi connectivity index (χ4n) is 12.5. The normalized spacial score (nSPS) is 19.0. The number of hydrogen-bond donors (Lipinski definition) is 13. The van der Waals surface area contributed by atoms with E-state index in [1.165, 1.54) is 59.6 Å². The summed E-state index contributed by atoms with van der Waals surface area (Å²) in [6.07, 6.45) is 21.7. The van der Waals surface area contributed by atoms with Crippen molar-refractivity contribution in [2.75, 3.05) is 85.1 Å². The van der Waals surface area contributed by atoms with Gasteiger partial charge in [0.1, 0.15) is 42.3 Å². The molecule has 0 spiro atoms. The van der Waals surface area contributed by atoms with Crippen molar-refractivity contribution in [1.29, 1.82) is 0 Å². The molecule has 0 radical (unpaired) electrons. The van der Waals surface area contributed by atoms with Gasteiger partial charge in [-0.1, -0.05) is 71.1 Å². The van der Waals surface area contributed by atoms with Crippen molar-refractivity contribution >= 4 is 65.1 Å². The van der Waals surface area contributed by atoms with Gasteiger partial charge in [-0.3, -0.25) is 53.3 Å². The molecule has 8 amide bonds. The molecule has 4 aliphatic rings. The molecule has 0 aromatic carbocycles. The average molecular weight is 1270 g/mol. The third-order valence-corrected chi connectivity index (χ3v) is 17.4. The van der Waals surface area contributed by atoms with E-state index in [9.17, 15) is 38.4 Å². The Labute approximate surface area is 535 Å². The Bertz CT molecular complexity index is 2280. The summed E-state index contributed by atoms with van der Waals surface area (Å²) >= 11 is 0. The van der Waals surface area contributed by atoms with Crippen LogP contribution in [-0.2, 0) is 38.4 Å². The van der Waals surface area contributed by atoms with Crippen LogP contribution in [-0.4, -0.2) is 212 Å². The maximum Gasteiger partial charge on any atom is 0.246 e. The van der Waals surface area contributed by atoms with Gasteiger partial charge in [0.15, 0.2) is 17.9 Å². The molecule has 4 saturated heterocycles. The predicted octanol–water partition coefficient (Wildman–Crippen LogP) is 0.0812. The first-order chi connectivity index (χ1) is 43.5. The molecule has 4 fully saturated rings. The van der Waals surface area contributed by atoms with Crippen molar-refractivity contribution in [2.24, 2.45) is 55.1 Å². The fourth-order valence-corrected chi connectivity index (χ4v) is 12.5. The van der Waals surface area contributed by atoms with Crippen LogP contribution < -0.4 is 72.0 Å². The summed E-state index contributed by atoms with van der Waals surface area (Å²) in [5.74, 6) is -3.72. The molecule has 4 rings (SSSR count). The molecule has 20 N–H and O–H groups in total. The van der Waals surface area contributed by atoms with Crippen molar-refractivity contribution in [2.45, 2.75) is 242 Å². The van der Waals surface area contributed by atoms with Gasteiger partial charge in [-0.05, 0) is 155 Å². The van der Waals surface area contributed by atoms with Crippen molar-refractivity contribution < 1.29 is 38.4 Å². The molecule has 0 saturated carbocycles. The number of carbonyl (C=O) groups excluding carboxylic acids is 8. The number of amides is 8. The van der Waals surface area contributed by atoms with Gasteiger partial charge in [0.05, 0.1) is 0 Å². The summed E-state index contributed by atoms with van der Waals surface area (Å²) in [4.78, 5) is 133. The lowest BCUT2D eigenvalue weighted by Gasteiger charge is -2.34. The molecule has 0 aromatic rings. The van der Waals surface area contributed by atoms with Gasteiger partial charge < -0.3 is 91.6 Å². The van der Waals surface area contributed by atoms with Crippen molar-refractivity contribution in [1.82, 2.24) is 51.5 Å². The van der Waals surface area contributed by atoms with Crippen molar-refractivity contribution in [3.63, 3.8) is 0 Å². The minimum atomic E-state index is -1.16. The Morgan fingerprint density at radius 2 is 0.800 bits per heavy atom. The molecular weight excluding hydrogens is 1150 g/mol. The fraction of sp³-hybridized carbons (Fsp3) is 0.823. The van der Waals surface area contributed by atoms with Crippen LogP contribution in [0.5, 0.6) is 0 Å². The summed E-state index contributed by atoms with van der Waals surface area (Å²) in [6, 6.07) is -6.78. The lowest BCUT2D eigenvalue weighted by Crippen LogP contribution is -2.59. The van der Waals surface area contributed by atoms with Crippen LogP contribution in [0.15, 0.2) is 15.0 Å². The first-order valence-corrected chi connectivity index (χ1v) is 34.2. The lowest BCUT2D eigenvalue weighted by atomic mass is 10.0. The number of aliphatic imine (C=N–C) groups is 3. The average Bonchev–Trinajstić information content (AvgIpc) is 1.68. The van der Waals surface area contributed by atoms with Gasteiger partial charge in [0, 0.05) is 58.8 Å². The minimum absolute atomic E-state index is 0.0782. The molecule has 4 aliphatic heterocycles. The standard InChI is InChI=1S/C62H116N20O8/c1-2-3-4-5-6-7-8-9-10-11-12-31-52(83)79-41-18-27-48(79)54(85)77-46(25-16-38-74-61(66)67)57(88)80-42-19-28-49(80)56(87)78-47(26-17-39-75-62(68)69)58(89)82-44-21-30-51(82)59(90)81-43-20-29-50(81)55(86)76-45(24-15-37-73-60(64)65)53(84)72-40-23-36-71-34-14-13-33-70-35-22-32-63/h45-51,70-71H,2-44,63H2,1H3,(H,72,84)(H,76,86)(H,77,85)(H,78,87)(H4,64,65,73)(H4,66,67,74)(H4,68,69,75)/t45-,46-,47-,48-,49-,50-,51-/m0/s1. The topological polar surface area (TPSA) is 441 Å². The molecule has 28 nitrogen and oxygen atoms in total. The van der Waals surface area contributed by atoms with E-state index in [0.717, 1.165) is 64.6 Å². The zero-order valence-corrected chi connectivity index (χ0v) is 54.4. The quantitative estimate of drug-likeness (QED) is 0.0218. The number of unbranched alkanes of at least 4 members (excludes halogenated alkanes) is 11. The summed E-state index contributed by atoms with van der Waals surface area (Å²) < 4.78 is 0. The molecular formula is C62H116N20O8. The number of likely N-dealkylation sites (tertiary alicyclic amines) is 4. The number of nitrogens with zero attached hydrogens (tertiary/aromatic N) is 7. The zero-order chi connectivity index (χ0) is 65.5. The van der Waals surface area contributed by atoms with Crippen LogP contribution in [0, 0.1) is 0 Å². The number of guanidine groups is 3. The number of nitrogens with one attached hydrogen (secondary N) is 6. The number of hydrogen-bond acceptors (Lipinski definition) is 14. The largest absolute Gasteiger partial charge is 0.370 e. The zero-order valence-electron chi connectivity index (χ0n) is 54.4. The maximum absolute atomic E-state index is 14.9. The third-order valence-electron chi connectivity index (χ3n) is 17.4. The Morgan fingerprint density at radius 3 is 1.28 bits per heavy atom. The number of nitrogens with two attached hydrogens (primary N) is 7. The molecule has 7 atom stereocenters. The monoisotopic (exact) mass is 1270 g/mol. The second-order valence-corrected chi connectivity index (χ2v) is 24.6. The molecule has 0 bridgehead atoms. The second-order valence-electron chi connectivity index (χ2n) is 24.6. The maximum atomic E-state index is 14.9. The SMILES string of the molecule is CCCCCCCCCCCCCC(=O)N1CCC[C@H]1C(=O)N[C@@H](CCCN=C(N)N)C(=O)N1CCC[C@H]1C(=O)N[C@@H](CCCN=C(N)N)C(=O)N1CCC[C@H]1C(=O)N1CCC[C@H]1C(=O)N[C@@H](CCCN=C(N)N)C(=O)NCCCNCCCCNCCCN. The van der Waals surface area contributed by atoms with Gasteiger partial charge in [0.2, 0.25) is 47.3 Å². The van der Waals surface area contributed by atoms with E-state index in [-0.39, 0.29) is 101 Å². The number of carbonyl (C=O) groups is 8. The van der Waals surface area contributed by atoms with E-state index >= 15 is 0 Å². The van der Waals surface area contributed by atoms with E-state index in [2.05, 4.69) is 53.8 Å². The highest BCUT2D eigenvalue weighted by atomic mass is 16.2. The van der Waals surface area contributed by atoms with E-state index in [1.54, 1.807) is 4.90 Å². The highest BCUT2D eigenvalue weighted by Crippen LogP contribution is 2.28. The van der Waals surface area contributed by atoms with Crippen LogP contribution in [0.1, 0.15) is 200 Å². The van der Waals surface area contributed by atoms with Crippen LogP contribution in [0.2, 0.25) is 0 Å². The van der Waals surface area contributed by atoms with Crippen LogP contribution in [0.3, 0.4) is 0 Å². The van der Waals surface area contributed by atoms with Gasteiger partial charge >= 0.3 is 0 Å². The van der Waals surface area contributed by atoms with Crippen LogP contribution in [0.4, 0.5) is 0 Å². The van der Waals surface area contributed by atoms with Gasteiger partial charge in [0.25, 0.3) is 0 Å². The molecule has 0 aromatic heterocycles. The predicted molar refractivity (Wildman–Crippen MR) is 352 cm³/mol. The summed E-state index contributed by atoms with van der Waals surface area (Å²) in [7, 11) is 0. The van der Waals surface area contributed by atoms with Crippen molar-refractivity contribution in [3.05, 3.63) is 0 Å². The molecule has 90 heavy (non-hydrogen) atoms. The summed E-state index contributed by atoms with van der Waals surface area (Å²) in [5.41, 5.74) is 39.2. The summed E-state index contributed by atoms with van der Waals surface area (Å²) in [5, 5.41) is 18.5. The van der Waals surface area contributed by atoms with Crippen LogP contribution >= 0.6 is 0 Å². The van der Waals surface area contributed by atoms with E-state index in [4.69, 9.17) is 40.1 Å². The Balaban J connectivity index is 1.41. The first-order valence-electron chi connectivity index (χ1n) is 34.2. The molecule has 0 unspecified atom stereocenters. The first kappa shape index (κ1) is 75.9. The minimum Gasteiger partial charge on any atom is -0.370 e. The van der Waals surface area contributed by atoms with E-state index in [1.807, 2.05) is 0 Å². The van der Waals surface area contributed by atoms with Crippen LogP contribution in [0.25, 0.3) is 0 Å². The highest BCUT2D eigenvalue weighted by molar-refractivity contribution is 5.98. The Hall–Kier alpha value is -6.55. The molecule has 4 heterocycles. The van der Waals surface area contributed by atoms with Gasteiger partial charge in [-0.2, -0.15) is 0 Å². The molecule has 512 valence electrons. The highest BCUT2D eigenvalue weighted by Gasteiger charge is 2.46. The van der Waals surface area contributed by atoms with Gasteiger partial charge in [-0.15, -0.1) is 0 Å².